The Bertz CT molecular complexity index is 83.9. The summed E-state index contributed by atoms with van der Waals surface area (Å²) in [6.45, 7) is 3.47. The summed E-state index contributed by atoms with van der Waals surface area (Å²) in [5.41, 5.74) is 0. The van der Waals surface area contributed by atoms with Gasteiger partial charge in [0.25, 0.3) is 0 Å². The largest absolute Gasteiger partial charge is 0.396 e. The zero-order chi connectivity index (χ0) is 9.23. The van der Waals surface area contributed by atoms with Crippen molar-refractivity contribution < 1.29 is 9.84 Å². The van der Waals surface area contributed by atoms with E-state index in [1.165, 1.54) is 19.3 Å². The van der Waals surface area contributed by atoms with Crippen molar-refractivity contribution in [3.05, 3.63) is 0 Å². The van der Waals surface area contributed by atoms with Crippen LogP contribution in [0.3, 0.4) is 0 Å². The molecule has 12 heavy (non-hydrogen) atoms. The van der Waals surface area contributed by atoms with Gasteiger partial charge in [0.05, 0.1) is 0 Å². The van der Waals surface area contributed by atoms with Crippen molar-refractivity contribution in [3.63, 3.8) is 0 Å². The first-order valence-corrected chi connectivity index (χ1v) is 4.91. The van der Waals surface area contributed by atoms with E-state index in [9.17, 15) is 0 Å². The van der Waals surface area contributed by atoms with Crippen molar-refractivity contribution in [2.24, 2.45) is 5.92 Å². The van der Waals surface area contributed by atoms with Crippen LogP contribution in [0.5, 0.6) is 0 Å². The highest BCUT2D eigenvalue weighted by Gasteiger charge is 2.00. The summed E-state index contributed by atoms with van der Waals surface area (Å²) >= 11 is 0. The van der Waals surface area contributed by atoms with Crippen molar-refractivity contribution in [3.8, 4) is 0 Å². The molecule has 0 heterocycles. The molecule has 0 aromatic heterocycles. The summed E-state index contributed by atoms with van der Waals surface area (Å²) < 4.78 is 4.96. The second kappa shape index (κ2) is 9.01. The van der Waals surface area contributed by atoms with E-state index in [2.05, 4.69) is 6.92 Å². The standard InChI is InChI=1S/C10H22O2/c1-10(7-5-8-11)6-3-4-9-12-2/h10-11H,3-9H2,1-2H3. The van der Waals surface area contributed by atoms with E-state index in [-0.39, 0.29) is 0 Å². The lowest BCUT2D eigenvalue weighted by Gasteiger charge is -2.09. The molecule has 0 bridgehead atoms. The van der Waals surface area contributed by atoms with E-state index in [0.29, 0.717) is 6.61 Å². The van der Waals surface area contributed by atoms with Crippen LogP contribution < -0.4 is 0 Å². The van der Waals surface area contributed by atoms with Gasteiger partial charge in [-0.05, 0) is 25.2 Å². The van der Waals surface area contributed by atoms with Gasteiger partial charge in [-0.25, -0.2) is 0 Å². The number of rotatable bonds is 8. The highest BCUT2D eigenvalue weighted by atomic mass is 16.5. The molecule has 0 rings (SSSR count). The van der Waals surface area contributed by atoms with Gasteiger partial charge in [-0.3, -0.25) is 0 Å². The third kappa shape index (κ3) is 8.02. The van der Waals surface area contributed by atoms with Crippen LogP contribution in [-0.2, 0) is 4.74 Å². The molecular weight excluding hydrogens is 152 g/mol. The number of aliphatic hydroxyl groups is 1. The quantitative estimate of drug-likeness (QED) is 0.572. The molecule has 2 heteroatoms. The number of hydrogen-bond acceptors (Lipinski definition) is 2. The summed E-state index contributed by atoms with van der Waals surface area (Å²) in [7, 11) is 1.75. The summed E-state index contributed by atoms with van der Waals surface area (Å²) in [4.78, 5) is 0. The fraction of sp³-hybridized carbons (Fsp3) is 1.00. The molecule has 0 aliphatic carbocycles. The van der Waals surface area contributed by atoms with Gasteiger partial charge in [0.2, 0.25) is 0 Å². The molecule has 0 amide bonds. The predicted octanol–water partition coefficient (Wildman–Crippen LogP) is 2.21. The second-order valence-electron chi connectivity index (χ2n) is 3.46. The molecule has 0 aliphatic heterocycles. The Morgan fingerprint density at radius 1 is 1.17 bits per heavy atom. The zero-order valence-electron chi connectivity index (χ0n) is 8.38. The lowest BCUT2D eigenvalue weighted by Crippen LogP contribution is -1.98. The van der Waals surface area contributed by atoms with E-state index in [0.717, 1.165) is 25.4 Å². The van der Waals surface area contributed by atoms with Gasteiger partial charge in [-0.1, -0.05) is 19.8 Å². The molecule has 74 valence electrons. The van der Waals surface area contributed by atoms with E-state index in [1.54, 1.807) is 7.11 Å². The highest BCUT2D eigenvalue weighted by molar-refractivity contribution is 4.53. The van der Waals surface area contributed by atoms with Crippen LogP contribution in [-0.4, -0.2) is 25.4 Å². The molecule has 0 radical (unpaired) electrons. The molecule has 0 aromatic rings. The maximum absolute atomic E-state index is 8.60. The molecule has 2 nitrogen and oxygen atoms in total. The average Bonchev–Trinajstić information content (AvgIpc) is 2.09. The Morgan fingerprint density at radius 3 is 2.42 bits per heavy atom. The lowest BCUT2D eigenvalue weighted by atomic mass is 9.99. The van der Waals surface area contributed by atoms with E-state index in [1.807, 2.05) is 0 Å². The van der Waals surface area contributed by atoms with E-state index in [4.69, 9.17) is 9.84 Å². The van der Waals surface area contributed by atoms with Crippen LogP contribution in [0.1, 0.15) is 39.0 Å². The predicted molar refractivity (Wildman–Crippen MR) is 51.2 cm³/mol. The van der Waals surface area contributed by atoms with Crippen molar-refractivity contribution in [1.82, 2.24) is 0 Å². The van der Waals surface area contributed by atoms with Gasteiger partial charge < -0.3 is 9.84 Å². The van der Waals surface area contributed by atoms with E-state index >= 15 is 0 Å². The molecule has 1 atom stereocenters. The Morgan fingerprint density at radius 2 is 1.83 bits per heavy atom. The van der Waals surface area contributed by atoms with Crippen LogP contribution in [0.4, 0.5) is 0 Å². The van der Waals surface area contributed by atoms with Gasteiger partial charge in [0.1, 0.15) is 0 Å². The van der Waals surface area contributed by atoms with Crippen LogP contribution in [0.2, 0.25) is 0 Å². The fourth-order valence-electron chi connectivity index (χ4n) is 1.32. The Balaban J connectivity index is 3.02. The number of ether oxygens (including phenoxy) is 1. The third-order valence-electron chi connectivity index (χ3n) is 2.15. The van der Waals surface area contributed by atoms with Gasteiger partial charge in [0.15, 0.2) is 0 Å². The molecular formula is C10H22O2. The van der Waals surface area contributed by atoms with Crippen molar-refractivity contribution in [1.29, 1.82) is 0 Å². The highest BCUT2D eigenvalue weighted by Crippen LogP contribution is 2.13. The molecule has 1 N–H and O–H groups in total. The van der Waals surface area contributed by atoms with Crippen molar-refractivity contribution in [2.45, 2.75) is 39.0 Å². The smallest absolute Gasteiger partial charge is 0.0462 e. The molecule has 0 saturated heterocycles. The minimum atomic E-state index is 0.336. The monoisotopic (exact) mass is 174 g/mol. The SMILES string of the molecule is COCCCCC(C)CCCO. The van der Waals surface area contributed by atoms with Gasteiger partial charge in [0, 0.05) is 20.3 Å². The first kappa shape index (κ1) is 11.9. The lowest BCUT2D eigenvalue weighted by molar-refractivity contribution is 0.189. The number of unbranched alkanes of at least 4 members (excludes halogenated alkanes) is 1. The van der Waals surface area contributed by atoms with E-state index < -0.39 is 0 Å². The summed E-state index contributed by atoms with van der Waals surface area (Å²) in [6.07, 6.45) is 5.79. The maximum Gasteiger partial charge on any atom is 0.0462 e. The fourth-order valence-corrected chi connectivity index (χ4v) is 1.32. The molecule has 0 spiro atoms. The first-order chi connectivity index (χ1) is 5.81. The normalized spacial score (nSPS) is 13.2. The maximum atomic E-state index is 8.60. The summed E-state index contributed by atoms with van der Waals surface area (Å²) in [6, 6.07) is 0. The minimum absolute atomic E-state index is 0.336. The molecule has 0 aromatic carbocycles. The second-order valence-corrected chi connectivity index (χ2v) is 3.46. The molecule has 0 fully saturated rings. The topological polar surface area (TPSA) is 29.5 Å². The zero-order valence-corrected chi connectivity index (χ0v) is 8.38. The summed E-state index contributed by atoms with van der Waals surface area (Å²) in [5.74, 6) is 0.758. The van der Waals surface area contributed by atoms with Crippen LogP contribution >= 0.6 is 0 Å². The average molecular weight is 174 g/mol. The summed E-state index contributed by atoms with van der Waals surface area (Å²) in [5, 5.41) is 8.60. The minimum Gasteiger partial charge on any atom is -0.396 e. The Hall–Kier alpha value is -0.0800. The van der Waals surface area contributed by atoms with Gasteiger partial charge in [-0.15, -0.1) is 0 Å². The van der Waals surface area contributed by atoms with Crippen LogP contribution in [0, 0.1) is 5.92 Å². The number of aliphatic hydroxyl groups excluding tert-OH is 1. The Kier molecular flexibility index (Phi) is 8.95. The molecule has 0 aliphatic rings. The van der Waals surface area contributed by atoms with Gasteiger partial charge >= 0.3 is 0 Å². The van der Waals surface area contributed by atoms with Gasteiger partial charge in [-0.2, -0.15) is 0 Å². The van der Waals surface area contributed by atoms with Crippen molar-refractivity contribution in [2.75, 3.05) is 20.3 Å². The molecule has 0 saturated carbocycles. The third-order valence-corrected chi connectivity index (χ3v) is 2.15. The first-order valence-electron chi connectivity index (χ1n) is 4.91. The molecule has 1 unspecified atom stereocenters. The number of methoxy groups -OCH3 is 1. The Labute approximate surface area is 75.9 Å². The van der Waals surface area contributed by atoms with Crippen LogP contribution in [0.25, 0.3) is 0 Å². The number of hydrogen-bond donors (Lipinski definition) is 1. The van der Waals surface area contributed by atoms with Crippen molar-refractivity contribution >= 4 is 0 Å². The van der Waals surface area contributed by atoms with Crippen LogP contribution in [0.15, 0.2) is 0 Å².